The molecule has 2 amide bonds. The van der Waals surface area contributed by atoms with Gasteiger partial charge < -0.3 is 4.90 Å². The van der Waals surface area contributed by atoms with E-state index in [9.17, 15) is 9.59 Å². The van der Waals surface area contributed by atoms with Crippen molar-refractivity contribution in [2.45, 2.75) is 13.0 Å². The molecule has 2 aromatic carbocycles. The summed E-state index contributed by atoms with van der Waals surface area (Å²) in [5, 5.41) is 8.44. The maximum atomic E-state index is 11.3. The number of nitrogens with zero attached hydrogens (tertiary/aromatic N) is 1. The lowest BCUT2D eigenvalue weighted by molar-refractivity contribution is -0.124. The zero-order valence-corrected chi connectivity index (χ0v) is 15.1. The standard InChI is InChI=1S/C19H19BrN2O3/c20-18-8-5-16(6-9-18)11-12-22(14-23)13-17-3-1-15(2-4-17)7-10-19(24)21-25/h1-10,14,25H,11-13H2,(H,21,24)/b10-7+. The molecule has 0 aliphatic carbocycles. The van der Waals surface area contributed by atoms with Gasteiger partial charge in [0.2, 0.25) is 6.41 Å². The number of hydrogen-bond acceptors (Lipinski definition) is 3. The van der Waals surface area contributed by atoms with Crippen LogP contribution in [-0.4, -0.2) is 29.0 Å². The second-order valence-electron chi connectivity index (χ2n) is 5.50. The number of carbonyl (C=O) groups excluding carboxylic acids is 2. The molecule has 0 bridgehead atoms. The van der Waals surface area contributed by atoms with E-state index in [1.165, 1.54) is 17.1 Å². The third kappa shape index (κ3) is 6.52. The van der Waals surface area contributed by atoms with E-state index < -0.39 is 5.91 Å². The summed E-state index contributed by atoms with van der Waals surface area (Å²) in [7, 11) is 0. The minimum absolute atomic E-state index is 0.529. The van der Waals surface area contributed by atoms with E-state index in [4.69, 9.17) is 5.21 Å². The van der Waals surface area contributed by atoms with Gasteiger partial charge in [0.15, 0.2) is 0 Å². The van der Waals surface area contributed by atoms with Crippen molar-refractivity contribution in [3.63, 3.8) is 0 Å². The van der Waals surface area contributed by atoms with E-state index in [-0.39, 0.29) is 0 Å². The third-order valence-electron chi connectivity index (χ3n) is 3.65. The van der Waals surface area contributed by atoms with Crippen LogP contribution in [0.3, 0.4) is 0 Å². The second-order valence-corrected chi connectivity index (χ2v) is 6.42. The van der Waals surface area contributed by atoms with E-state index in [0.29, 0.717) is 13.1 Å². The van der Waals surface area contributed by atoms with Gasteiger partial charge >= 0.3 is 0 Å². The van der Waals surface area contributed by atoms with Crippen molar-refractivity contribution in [2.24, 2.45) is 0 Å². The molecule has 0 aliphatic rings. The fourth-order valence-electron chi connectivity index (χ4n) is 2.27. The lowest BCUT2D eigenvalue weighted by atomic mass is 10.1. The zero-order valence-electron chi connectivity index (χ0n) is 13.6. The molecule has 0 heterocycles. The van der Waals surface area contributed by atoms with Gasteiger partial charge in [0.25, 0.3) is 5.91 Å². The quantitative estimate of drug-likeness (QED) is 0.308. The number of hydrogen-bond donors (Lipinski definition) is 2. The van der Waals surface area contributed by atoms with Gasteiger partial charge in [0.05, 0.1) is 0 Å². The van der Waals surface area contributed by atoms with E-state index in [0.717, 1.165) is 28.4 Å². The smallest absolute Gasteiger partial charge is 0.267 e. The maximum absolute atomic E-state index is 11.3. The van der Waals surface area contributed by atoms with E-state index >= 15 is 0 Å². The summed E-state index contributed by atoms with van der Waals surface area (Å²) in [6.45, 7) is 1.17. The number of hydroxylamine groups is 1. The molecule has 0 radical (unpaired) electrons. The van der Waals surface area contributed by atoms with E-state index in [1.807, 2.05) is 48.5 Å². The summed E-state index contributed by atoms with van der Waals surface area (Å²) < 4.78 is 1.04. The van der Waals surface area contributed by atoms with Crippen LogP contribution >= 0.6 is 15.9 Å². The zero-order chi connectivity index (χ0) is 18.1. The highest BCUT2D eigenvalue weighted by atomic mass is 79.9. The number of rotatable bonds is 8. The molecule has 5 nitrogen and oxygen atoms in total. The Hall–Kier alpha value is -2.44. The summed E-state index contributed by atoms with van der Waals surface area (Å²) in [5.41, 5.74) is 4.55. The molecule has 6 heteroatoms. The molecule has 0 saturated carbocycles. The Morgan fingerprint density at radius 1 is 1.08 bits per heavy atom. The summed E-state index contributed by atoms with van der Waals surface area (Å²) in [6.07, 6.45) is 4.49. The molecule has 0 aliphatic heterocycles. The van der Waals surface area contributed by atoms with E-state index in [1.54, 1.807) is 11.0 Å². The average Bonchev–Trinajstić information content (AvgIpc) is 2.65. The van der Waals surface area contributed by atoms with Gasteiger partial charge in [-0.15, -0.1) is 0 Å². The van der Waals surface area contributed by atoms with Gasteiger partial charge in [-0.05, 0) is 41.3 Å². The Balaban J connectivity index is 1.90. The number of benzene rings is 2. The molecule has 25 heavy (non-hydrogen) atoms. The highest BCUT2D eigenvalue weighted by molar-refractivity contribution is 9.10. The monoisotopic (exact) mass is 402 g/mol. The first-order valence-corrected chi connectivity index (χ1v) is 8.55. The van der Waals surface area contributed by atoms with Gasteiger partial charge in [0, 0.05) is 23.6 Å². The first-order valence-electron chi connectivity index (χ1n) is 7.75. The molecule has 2 N–H and O–H groups in total. The van der Waals surface area contributed by atoms with Crippen molar-refractivity contribution in [3.8, 4) is 0 Å². The summed E-state index contributed by atoms with van der Waals surface area (Å²) in [6, 6.07) is 15.6. The molecule has 0 aromatic heterocycles. The predicted molar refractivity (Wildman–Crippen MR) is 99.7 cm³/mol. The largest absolute Gasteiger partial charge is 0.341 e. The lowest BCUT2D eigenvalue weighted by Gasteiger charge is -2.17. The van der Waals surface area contributed by atoms with Crippen LogP contribution in [0.15, 0.2) is 59.1 Å². The molecule has 2 rings (SSSR count). The van der Waals surface area contributed by atoms with Crippen LogP contribution in [0.1, 0.15) is 16.7 Å². The molecule has 2 aromatic rings. The summed E-state index contributed by atoms with van der Waals surface area (Å²) in [4.78, 5) is 24.0. The predicted octanol–water partition coefficient (Wildman–Crippen LogP) is 3.17. The van der Waals surface area contributed by atoms with Crippen LogP contribution in [0.5, 0.6) is 0 Å². The third-order valence-corrected chi connectivity index (χ3v) is 4.18. The van der Waals surface area contributed by atoms with Crippen molar-refractivity contribution >= 4 is 34.3 Å². The summed E-state index contributed by atoms with van der Waals surface area (Å²) >= 11 is 3.41. The number of carbonyl (C=O) groups is 2. The minimum Gasteiger partial charge on any atom is -0.341 e. The topological polar surface area (TPSA) is 69.6 Å². The van der Waals surface area contributed by atoms with Gasteiger partial charge in [-0.25, -0.2) is 5.48 Å². The number of nitrogens with one attached hydrogen (secondary N) is 1. The van der Waals surface area contributed by atoms with Gasteiger partial charge in [0.1, 0.15) is 0 Å². The van der Waals surface area contributed by atoms with Crippen molar-refractivity contribution < 1.29 is 14.8 Å². The first-order chi connectivity index (χ1) is 12.1. The summed E-state index contributed by atoms with van der Waals surface area (Å²) in [5.74, 6) is -0.579. The Kier molecular flexibility index (Phi) is 7.37. The van der Waals surface area contributed by atoms with Crippen molar-refractivity contribution in [2.75, 3.05) is 6.54 Å². The molecule has 0 spiro atoms. The molecule has 0 unspecified atom stereocenters. The van der Waals surface area contributed by atoms with Crippen LogP contribution in [0, 0.1) is 0 Å². The van der Waals surface area contributed by atoms with Crippen LogP contribution in [0.4, 0.5) is 0 Å². The fraction of sp³-hybridized carbons (Fsp3) is 0.158. The van der Waals surface area contributed by atoms with Crippen molar-refractivity contribution in [1.82, 2.24) is 10.4 Å². The van der Waals surface area contributed by atoms with Crippen LogP contribution in [0.25, 0.3) is 6.08 Å². The highest BCUT2D eigenvalue weighted by Crippen LogP contribution is 2.12. The average molecular weight is 403 g/mol. The van der Waals surface area contributed by atoms with Crippen LogP contribution in [0.2, 0.25) is 0 Å². The van der Waals surface area contributed by atoms with Crippen molar-refractivity contribution in [3.05, 3.63) is 75.8 Å². The maximum Gasteiger partial charge on any atom is 0.267 e. The normalized spacial score (nSPS) is 10.6. The van der Waals surface area contributed by atoms with E-state index in [2.05, 4.69) is 15.9 Å². The Morgan fingerprint density at radius 3 is 2.32 bits per heavy atom. The molecular weight excluding hydrogens is 384 g/mol. The molecule has 0 atom stereocenters. The second kappa shape index (κ2) is 9.76. The molecular formula is C19H19BrN2O3. The van der Waals surface area contributed by atoms with Crippen molar-refractivity contribution in [1.29, 1.82) is 0 Å². The number of halogens is 1. The van der Waals surface area contributed by atoms with Gasteiger partial charge in [-0.3, -0.25) is 14.8 Å². The van der Waals surface area contributed by atoms with Gasteiger partial charge in [-0.2, -0.15) is 0 Å². The fourth-order valence-corrected chi connectivity index (χ4v) is 2.53. The Morgan fingerprint density at radius 2 is 1.72 bits per heavy atom. The molecule has 130 valence electrons. The van der Waals surface area contributed by atoms with Crippen LogP contribution in [-0.2, 0) is 22.6 Å². The molecule has 0 saturated heterocycles. The van der Waals surface area contributed by atoms with Gasteiger partial charge in [-0.1, -0.05) is 52.3 Å². The number of amides is 2. The minimum atomic E-state index is -0.579. The molecule has 0 fully saturated rings. The SMILES string of the molecule is O=CN(CCc1ccc(Br)cc1)Cc1ccc(/C=C/C(=O)NO)cc1. The Bertz CT molecular complexity index is 727. The van der Waals surface area contributed by atoms with Crippen LogP contribution < -0.4 is 5.48 Å². The lowest BCUT2D eigenvalue weighted by Crippen LogP contribution is -2.24. The first kappa shape index (κ1) is 18.9. The highest BCUT2D eigenvalue weighted by Gasteiger charge is 2.04. The Labute approximate surface area is 155 Å².